The third-order valence-corrected chi connectivity index (χ3v) is 6.64. The molecule has 0 unspecified atom stereocenters. The van der Waals surface area contributed by atoms with Gasteiger partial charge < -0.3 is 15.1 Å². The maximum Gasteiger partial charge on any atom is 0.258 e. The van der Waals surface area contributed by atoms with Crippen LogP contribution in [-0.4, -0.2) is 48.5 Å². The highest BCUT2D eigenvalue weighted by Gasteiger charge is 2.18. The molecule has 1 N–H and O–H groups in total. The molecule has 2 heterocycles. The van der Waals surface area contributed by atoms with Gasteiger partial charge >= 0.3 is 0 Å². The number of carbonyl (C=O) groups excluding carboxylic acids is 1. The van der Waals surface area contributed by atoms with Crippen LogP contribution in [0.3, 0.4) is 0 Å². The number of aromatic nitrogens is 1. The first-order valence-corrected chi connectivity index (χ1v) is 11.5. The lowest BCUT2D eigenvalue weighted by atomic mass is 10.1. The Bertz CT molecular complexity index is 1030. The molecule has 6 heteroatoms. The van der Waals surface area contributed by atoms with E-state index >= 15 is 0 Å². The highest BCUT2D eigenvalue weighted by atomic mass is 32.2. The Balaban J connectivity index is 1.47. The number of nitrogens with zero attached hydrogens (tertiary/aromatic N) is 3. The number of hydrogen-bond donors (Lipinski definition) is 1. The van der Waals surface area contributed by atoms with E-state index in [1.165, 1.54) is 17.4 Å². The van der Waals surface area contributed by atoms with Crippen molar-refractivity contribution in [1.82, 2.24) is 9.88 Å². The van der Waals surface area contributed by atoms with Crippen LogP contribution in [0.25, 0.3) is 0 Å². The summed E-state index contributed by atoms with van der Waals surface area (Å²) in [7, 11) is 0. The van der Waals surface area contributed by atoms with E-state index in [1.807, 2.05) is 49.4 Å². The van der Waals surface area contributed by atoms with E-state index in [9.17, 15) is 4.79 Å². The molecule has 4 rings (SSSR count). The predicted octanol–water partition coefficient (Wildman–Crippen LogP) is 4.94. The van der Waals surface area contributed by atoms with Gasteiger partial charge in [0.05, 0.1) is 5.56 Å². The number of amides is 1. The topological polar surface area (TPSA) is 48.5 Å². The van der Waals surface area contributed by atoms with Crippen LogP contribution >= 0.6 is 11.8 Å². The highest BCUT2D eigenvalue weighted by molar-refractivity contribution is 7.99. The van der Waals surface area contributed by atoms with Crippen molar-refractivity contribution >= 4 is 29.0 Å². The van der Waals surface area contributed by atoms with E-state index in [0.29, 0.717) is 10.6 Å². The number of nitrogens with one attached hydrogen (secondary N) is 1. The van der Waals surface area contributed by atoms with Crippen LogP contribution in [0, 0.1) is 6.92 Å². The molecule has 31 heavy (non-hydrogen) atoms. The van der Waals surface area contributed by atoms with Crippen LogP contribution < -0.4 is 10.2 Å². The molecule has 0 bridgehead atoms. The smallest absolute Gasteiger partial charge is 0.258 e. The zero-order chi connectivity index (χ0) is 21.6. The molecule has 0 saturated carbocycles. The first kappa shape index (κ1) is 21.4. The van der Waals surface area contributed by atoms with E-state index < -0.39 is 0 Å². The number of likely N-dealkylation sites (N-methyl/N-ethyl adjacent to an activating group) is 1. The fourth-order valence-electron chi connectivity index (χ4n) is 3.74. The fourth-order valence-corrected chi connectivity index (χ4v) is 4.64. The summed E-state index contributed by atoms with van der Waals surface area (Å²) in [5.41, 5.74) is 3.69. The van der Waals surface area contributed by atoms with Gasteiger partial charge in [-0.1, -0.05) is 36.9 Å². The molecular formula is C25H28N4OS. The van der Waals surface area contributed by atoms with Crippen LogP contribution in [0.4, 0.5) is 11.4 Å². The van der Waals surface area contributed by atoms with Gasteiger partial charge in [-0.05, 0) is 61.5 Å². The quantitative estimate of drug-likeness (QED) is 0.598. The van der Waals surface area contributed by atoms with Crippen molar-refractivity contribution in [1.29, 1.82) is 0 Å². The lowest BCUT2D eigenvalue weighted by Crippen LogP contribution is -2.46. The zero-order valence-corrected chi connectivity index (χ0v) is 18.9. The van der Waals surface area contributed by atoms with Crippen molar-refractivity contribution in [3.05, 3.63) is 78.0 Å². The Labute approximate surface area is 188 Å². The standard InChI is InChI=1S/C25H28N4OS/c1-3-28-14-16-29(17-15-28)20-11-12-23(19(2)18-20)27-24(30)22-10-7-13-26-25(22)31-21-8-5-4-6-9-21/h4-13,18H,3,14-17H2,1-2H3,(H,27,30). The van der Waals surface area contributed by atoms with Crippen molar-refractivity contribution in [3.63, 3.8) is 0 Å². The summed E-state index contributed by atoms with van der Waals surface area (Å²) < 4.78 is 0. The summed E-state index contributed by atoms with van der Waals surface area (Å²) >= 11 is 1.50. The first-order chi connectivity index (χ1) is 15.1. The monoisotopic (exact) mass is 432 g/mol. The van der Waals surface area contributed by atoms with E-state index in [4.69, 9.17) is 0 Å². The van der Waals surface area contributed by atoms with Gasteiger partial charge in [0.1, 0.15) is 5.03 Å². The minimum atomic E-state index is -0.140. The van der Waals surface area contributed by atoms with E-state index in [1.54, 1.807) is 12.3 Å². The molecule has 2 aromatic carbocycles. The molecule has 0 aliphatic carbocycles. The average molecular weight is 433 g/mol. The summed E-state index contributed by atoms with van der Waals surface area (Å²) in [6.07, 6.45) is 1.72. The summed E-state index contributed by atoms with van der Waals surface area (Å²) in [6.45, 7) is 9.63. The molecule has 3 aromatic rings. The molecule has 0 radical (unpaired) electrons. The van der Waals surface area contributed by atoms with Gasteiger partial charge in [-0.2, -0.15) is 0 Å². The molecule has 5 nitrogen and oxygen atoms in total. The van der Waals surface area contributed by atoms with Gasteiger partial charge in [-0.3, -0.25) is 4.79 Å². The number of benzene rings is 2. The molecule has 0 spiro atoms. The van der Waals surface area contributed by atoms with E-state index in [0.717, 1.165) is 48.9 Å². The lowest BCUT2D eigenvalue weighted by Gasteiger charge is -2.35. The number of carbonyl (C=O) groups is 1. The van der Waals surface area contributed by atoms with Crippen molar-refractivity contribution in [2.45, 2.75) is 23.8 Å². The van der Waals surface area contributed by atoms with Crippen LogP contribution in [0.1, 0.15) is 22.8 Å². The normalized spacial score (nSPS) is 14.5. The molecule has 1 fully saturated rings. The van der Waals surface area contributed by atoms with Crippen molar-refractivity contribution in [3.8, 4) is 0 Å². The number of rotatable bonds is 6. The third-order valence-electron chi connectivity index (χ3n) is 5.62. The summed E-state index contributed by atoms with van der Waals surface area (Å²) in [4.78, 5) is 23.4. The number of anilines is 2. The van der Waals surface area contributed by atoms with Gasteiger partial charge in [0.25, 0.3) is 5.91 Å². The van der Waals surface area contributed by atoms with Crippen LogP contribution in [0.5, 0.6) is 0 Å². The Kier molecular flexibility index (Phi) is 6.89. The average Bonchev–Trinajstić information content (AvgIpc) is 2.81. The minimum absolute atomic E-state index is 0.140. The molecule has 1 saturated heterocycles. The molecule has 0 atom stereocenters. The maximum absolute atomic E-state index is 13.1. The third kappa shape index (κ3) is 5.27. The second kappa shape index (κ2) is 9.98. The Morgan fingerprint density at radius 2 is 1.81 bits per heavy atom. The van der Waals surface area contributed by atoms with Gasteiger partial charge in [-0.25, -0.2) is 4.98 Å². The summed E-state index contributed by atoms with van der Waals surface area (Å²) in [6, 6.07) is 19.9. The molecule has 1 aliphatic heterocycles. The van der Waals surface area contributed by atoms with Gasteiger partial charge in [-0.15, -0.1) is 0 Å². The van der Waals surface area contributed by atoms with E-state index in [2.05, 4.69) is 39.2 Å². The zero-order valence-electron chi connectivity index (χ0n) is 18.0. The number of aryl methyl sites for hydroxylation is 1. The largest absolute Gasteiger partial charge is 0.369 e. The van der Waals surface area contributed by atoms with Crippen molar-refractivity contribution in [2.75, 3.05) is 42.9 Å². The number of hydrogen-bond acceptors (Lipinski definition) is 5. The molecule has 160 valence electrons. The minimum Gasteiger partial charge on any atom is -0.369 e. The fraction of sp³-hybridized carbons (Fsp3) is 0.280. The Morgan fingerprint density at radius 3 is 2.52 bits per heavy atom. The molecule has 1 amide bonds. The number of piperazine rings is 1. The van der Waals surface area contributed by atoms with Crippen LogP contribution in [-0.2, 0) is 0 Å². The Hall–Kier alpha value is -2.83. The van der Waals surface area contributed by atoms with Crippen LogP contribution in [0.2, 0.25) is 0 Å². The molecule has 1 aliphatic rings. The van der Waals surface area contributed by atoms with Gasteiger partial charge in [0.2, 0.25) is 0 Å². The van der Waals surface area contributed by atoms with Crippen molar-refractivity contribution in [2.24, 2.45) is 0 Å². The highest BCUT2D eigenvalue weighted by Crippen LogP contribution is 2.29. The Morgan fingerprint density at radius 1 is 1.03 bits per heavy atom. The van der Waals surface area contributed by atoms with Gasteiger partial charge in [0, 0.05) is 48.6 Å². The van der Waals surface area contributed by atoms with Crippen molar-refractivity contribution < 1.29 is 4.79 Å². The predicted molar refractivity (Wildman–Crippen MR) is 128 cm³/mol. The molecule has 1 aromatic heterocycles. The first-order valence-electron chi connectivity index (χ1n) is 10.7. The number of pyridine rings is 1. The lowest BCUT2D eigenvalue weighted by molar-refractivity contribution is 0.102. The SMILES string of the molecule is CCN1CCN(c2ccc(NC(=O)c3cccnc3Sc3ccccc3)c(C)c2)CC1. The maximum atomic E-state index is 13.1. The van der Waals surface area contributed by atoms with E-state index in [-0.39, 0.29) is 5.91 Å². The van der Waals surface area contributed by atoms with Gasteiger partial charge in [0.15, 0.2) is 0 Å². The summed E-state index contributed by atoms with van der Waals surface area (Å²) in [5.74, 6) is -0.140. The second-order valence-electron chi connectivity index (χ2n) is 7.65. The second-order valence-corrected chi connectivity index (χ2v) is 8.71. The summed E-state index contributed by atoms with van der Waals surface area (Å²) in [5, 5.41) is 3.78. The van der Waals surface area contributed by atoms with Crippen LogP contribution in [0.15, 0.2) is 76.8 Å². The molecular weight excluding hydrogens is 404 g/mol.